The maximum Gasteiger partial charge on any atom is 0.430 e. The van der Waals surface area contributed by atoms with Crippen molar-refractivity contribution in [3.8, 4) is 0 Å². The molecular weight excluding hydrogens is 601 g/mol. The van der Waals surface area contributed by atoms with Crippen LogP contribution in [0.5, 0.6) is 0 Å². The van der Waals surface area contributed by atoms with Crippen LogP contribution in [0.4, 0.5) is 36.4 Å². The number of hydrogen-bond donors (Lipinski definition) is 4. The van der Waals surface area contributed by atoms with Crippen molar-refractivity contribution in [1.82, 2.24) is 10.9 Å². The minimum Gasteiger partial charge on any atom is -0.369 e. The fourth-order valence-electron chi connectivity index (χ4n) is 4.44. The molecule has 0 saturated carbocycles. The maximum absolute atomic E-state index is 13.7. The van der Waals surface area contributed by atoms with Gasteiger partial charge in [0, 0.05) is 23.9 Å². The van der Waals surface area contributed by atoms with Gasteiger partial charge in [0.15, 0.2) is 0 Å². The van der Waals surface area contributed by atoms with E-state index in [1.807, 2.05) is 0 Å². The first kappa shape index (κ1) is 33.1. The Hall–Kier alpha value is -3.44. The van der Waals surface area contributed by atoms with Crippen molar-refractivity contribution in [2.75, 3.05) is 4.31 Å². The Morgan fingerprint density at radius 1 is 0.976 bits per heavy atom. The first-order chi connectivity index (χ1) is 19.1. The van der Waals surface area contributed by atoms with Crippen LogP contribution in [0.15, 0.2) is 47.4 Å². The molecule has 0 saturated heterocycles. The number of carbonyl (C=O) groups is 2. The lowest BCUT2D eigenvalue weighted by atomic mass is 9.87. The van der Waals surface area contributed by atoms with Crippen molar-refractivity contribution >= 4 is 27.5 Å². The molecule has 1 aliphatic heterocycles. The van der Waals surface area contributed by atoms with E-state index in [1.54, 1.807) is 13.8 Å². The van der Waals surface area contributed by atoms with Crippen molar-refractivity contribution in [2.24, 2.45) is 5.73 Å². The van der Waals surface area contributed by atoms with Gasteiger partial charge in [-0.25, -0.2) is 12.8 Å². The molecule has 0 fully saturated rings. The van der Waals surface area contributed by atoms with Gasteiger partial charge < -0.3 is 10.8 Å². The predicted molar refractivity (Wildman–Crippen MR) is 134 cm³/mol. The van der Waals surface area contributed by atoms with Crippen LogP contribution in [0.1, 0.15) is 44.2 Å². The van der Waals surface area contributed by atoms with Crippen LogP contribution in [0.2, 0.25) is 0 Å². The van der Waals surface area contributed by atoms with Gasteiger partial charge in [0.25, 0.3) is 15.6 Å². The van der Waals surface area contributed by atoms with E-state index in [2.05, 4.69) is 10.9 Å². The molecule has 2 aromatic carbocycles. The number of rotatable bonds is 7. The number of alkyl halides is 6. The number of sulfonamides is 1. The second-order valence-corrected chi connectivity index (χ2v) is 12.3. The average molecular weight is 629 g/mol. The highest BCUT2D eigenvalue weighted by atomic mass is 32.2. The van der Waals surface area contributed by atoms with Gasteiger partial charge >= 0.3 is 12.4 Å². The van der Waals surface area contributed by atoms with Gasteiger partial charge in [0.2, 0.25) is 11.8 Å². The monoisotopic (exact) mass is 628 g/mol. The zero-order valence-electron chi connectivity index (χ0n) is 22.1. The summed E-state index contributed by atoms with van der Waals surface area (Å²) in [6.45, 7) is 3.11. The minimum atomic E-state index is -6.17. The molecule has 1 heterocycles. The number of fused-ring (bicyclic) bond motifs is 1. The summed E-state index contributed by atoms with van der Waals surface area (Å²) in [5, 5.41) is 9.82. The third-order valence-corrected chi connectivity index (χ3v) is 8.26. The molecule has 2 amide bonds. The number of nitrogens with two attached hydrogens (primary N) is 1. The number of halogens is 7. The van der Waals surface area contributed by atoms with E-state index >= 15 is 0 Å². The molecule has 2 aromatic rings. The summed E-state index contributed by atoms with van der Waals surface area (Å²) in [7, 11) is -4.67. The first-order valence-corrected chi connectivity index (χ1v) is 13.7. The molecule has 0 spiro atoms. The number of anilines is 1. The fraction of sp³-hybridized carbons (Fsp3) is 0.440. The number of aryl methyl sites for hydroxylation is 1. The zero-order chi connectivity index (χ0) is 31.9. The second-order valence-electron chi connectivity index (χ2n) is 10.5. The molecule has 0 aliphatic carbocycles. The maximum atomic E-state index is 13.7. The summed E-state index contributed by atoms with van der Waals surface area (Å²) < 4.78 is 122. The van der Waals surface area contributed by atoms with Crippen LogP contribution < -0.4 is 20.9 Å². The van der Waals surface area contributed by atoms with E-state index in [0.29, 0.717) is 22.5 Å². The molecule has 17 heteroatoms. The van der Waals surface area contributed by atoms with Gasteiger partial charge in [0.1, 0.15) is 5.82 Å². The minimum absolute atomic E-state index is 0.181. The van der Waals surface area contributed by atoms with Crippen molar-refractivity contribution in [1.29, 1.82) is 0 Å². The quantitative estimate of drug-likeness (QED) is 0.274. The Balaban J connectivity index is 2.04. The zero-order valence-corrected chi connectivity index (χ0v) is 22.9. The fourth-order valence-corrected chi connectivity index (χ4v) is 6.16. The van der Waals surface area contributed by atoms with Gasteiger partial charge in [-0.05, 0) is 62.6 Å². The number of amides is 2. The van der Waals surface area contributed by atoms with Gasteiger partial charge in [-0.2, -0.15) is 26.3 Å². The summed E-state index contributed by atoms with van der Waals surface area (Å²) in [5.41, 5.74) is 1.59. The third kappa shape index (κ3) is 6.78. The van der Waals surface area contributed by atoms with E-state index < -0.39 is 74.1 Å². The Bertz CT molecular complexity index is 1430. The molecular formula is C25H27F7N4O5S. The highest BCUT2D eigenvalue weighted by Crippen LogP contribution is 2.51. The molecule has 9 nitrogen and oxygen atoms in total. The largest absolute Gasteiger partial charge is 0.430 e. The topological polar surface area (TPSA) is 142 Å². The molecule has 42 heavy (non-hydrogen) atoms. The number of hydrazine groups is 1. The molecule has 1 aliphatic rings. The number of aliphatic hydroxyl groups is 1. The molecule has 3 rings (SSSR count). The van der Waals surface area contributed by atoms with Crippen molar-refractivity contribution in [3.05, 3.63) is 59.4 Å². The third-order valence-electron chi connectivity index (χ3n) is 6.38. The number of carbonyl (C=O) groups excluding carboxylic acids is 2. The van der Waals surface area contributed by atoms with Crippen molar-refractivity contribution in [3.63, 3.8) is 0 Å². The van der Waals surface area contributed by atoms with Crippen LogP contribution in [-0.4, -0.2) is 49.3 Å². The smallest absolute Gasteiger partial charge is 0.369 e. The van der Waals surface area contributed by atoms with E-state index in [-0.39, 0.29) is 30.5 Å². The molecule has 5 N–H and O–H groups in total. The SMILES string of the molecule is CC(C)(N)CC(=O)NNC(=O)CC1CCc2cc(C(O)(C(F)(F)F)C(F)(F)F)ccc2N1S(=O)(=O)c1ccc(F)cc1. The summed E-state index contributed by atoms with van der Waals surface area (Å²) in [6.07, 6.45) is -13.7. The Morgan fingerprint density at radius 2 is 1.52 bits per heavy atom. The lowest BCUT2D eigenvalue weighted by Gasteiger charge is -2.39. The summed E-state index contributed by atoms with van der Waals surface area (Å²) in [5.74, 6) is -2.32. The molecule has 232 valence electrons. The number of benzene rings is 2. The van der Waals surface area contributed by atoms with E-state index in [0.717, 1.165) is 24.3 Å². The van der Waals surface area contributed by atoms with E-state index in [1.165, 1.54) is 0 Å². The van der Waals surface area contributed by atoms with Crippen LogP contribution in [0, 0.1) is 5.82 Å². The lowest BCUT2D eigenvalue weighted by molar-refractivity contribution is -0.376. The van der Waals surface area contributed by atoms with Gasteiger partial charge in [-0.15, -0.1) is 0 Å². The predicted octanol–water partition coefficient (Wildman–Crippen LogP) is 3.31. The molecule has 0 radical (unpaired) electrons. The second kappa shape index (κ2) is 11.3. The summed E-state index contributed by atoms with van der Waals surface area (Å²) in [6, 6.07) is 3.58. The highest BCUT2D eigenvalue weighted by molar-refractivity contribution is 7.92. The Morgan fingerprint density at radius 3 is 2.05 bits per heavy atom. The van der Waals surface area contributed by atoms with Crippen molar-refractivity contribution in [2.45, 2.75) is 74.0 Å². The van der Waals surface area contributed by atoms with Crippen LogP contribution in [0.3, 0.4) is 0 Å². The standard InChI is InChI=1S/C25H27F7N4O5S/c1-22(2,33)13-21(38)35-34-20(37)12-17-7-3-14-11-15(23(39,24(27,28)29)25(30,31)32)4-10-19(14)36(17)42(40,41)18-8-5-16(26)6-9-18/h4-6,8-11,17,39H,3,7,12-13,33H2,1-2H3,(H,34,37)(H,35,38). The molecule has 1 atom stereocenters. The van der Waals surface area contributed by atoms with E-state index in [9.17, 15) is 53.8 Å². The molecule has 0 aromatic heterocycles. The van der Waals surface area contributed by atoms with Crippen LogP contribution >= 0.6 is 0 Å². The number of hydrogen-bond acceptors (Lipinski definition) is 6. The summed E-state index contributed by atoms with van der Waals surface area (Å²) in [4.78, 5) is 24.1. The molecule has 1 unspecified atom stereocenters. The van der Waals surface area contributed by atoms with Gasteiger partial charge in [-0.3, -0.25) is 24.7 Å². The van der Waals surface area contributed by atoms with Crippen LogP contribution in [0.25, 0.3) is 0 Å². The number of nitrogens with zero attached hydrogens (tertiary/aromatic N) is 1. The van der Waals surface area contributed by atoms with Crippen LogP contribution in [-0.2, 0) is 31.6 Å². The normalized spacial score (nSPS) is 16.5. The van der Waals surface area contributed by atoms with E-state index in [4.69, 9.17) is 5.73 Å². The Labute approximate surface area is 235 Å². The summed E-state index contributed by atoms with van der Waals surface area (Å²) >= 11 is 0. The first-order valence-electron chi connectivity index (χ1n) is 12.2. The Kier molecular flexibility index (Phi) is 8.92. The van der Waals surface area contributed by atoms with Gasteiger partial charge in [0.05, 0.1) is 16.6 Å². The van der Waals surface area contributed by atoms with Gasteiger partial charge in [-0.1, -0.05) is 12.1 Å². The lowest BCUT2D eigenvalue weighted by Crippen LogP contribution is -2.54. The number of nitrogens with one attached hydrogen (secondary N) is 2. The van der Waals surface area contributed by atoms with Crippen molar-refractivity contribution < 1.29 is 53.8 Å². The average Bonchev–Trinajstić information content (AvgIpc) is 2.84. The molecule has 0 bridgehead atoms. The highest BCUT2D eigenvalue weighted by Gasteiger charge is 2.71.